The fraction of sp³-hybridized carbons (Fsp3) is 0.167. The molecular weight excluding hydrogens is 252 g/mol. The number of carbonyl (C=O) groups is 1. The Hall–Kier alpha value is -2.08. The molecular formula is C12H12N2O3S. The molecule has 0 atom stereocenters. The summed E-state index contributed by atoms with van der Waals surface area (Å²) in [6.45, 7) is 0. The molecule has 0 aliphatic rings. The van der Waals surface area contributed by atoms with Crippen molar-refractivity contribution in [1.29, 1.82) is 0 Å². The molecule has 94 valence electrons. The average molecular weight is 264 g/mol. The average Bonchev–Trinajstić information content (AvgIpc) is 2.90. The first-order chi connectivity index (χ1) is 8.74. The summed E-state index contributed by atoms with van der Waals surface area (Å²) in [6, 6.07) is 5.02. The van der Waals surface area contributed by atoms with E-state index < -0.39 is 0 Å². The minimum Gasteiger partial charge on any atom is -0.497 e. The van der Waals surface area contributed by atoms with E-state index in [1.54, 1.807) is 36.2 Å². The topological polar surface area (TPSA) is 60.5 Å². The number of nitrogens with zero attached hydrogens (tertiary/aromatic N) is 1. The molecule has 0 aliphatic carbocycles. The molecule has 1 N–H and O–H groups in total. The van der Waals surface area contributed by atoms with Crippen molar-refractivity contribution in [1.82, 2.24) is 4.98 Å². The molecule has 0 bridgehead atoms. The van der Waals surface area contributed by atoms with Crippen LogP contribution in [-0.2, 0) is 0 Å². The van der Waals surface area contributed by atoms with Crippen LogP contribution >= 0.6 is 11.3 Å². The second-order valence-corrected chi connectivity index (χ2v) is 4.11. The predicted octanol–water partition coefficient (Wildman–Crippen LogP) is 2.41. The number of thiazole rings is 1. The van der Waals surface area contributed by atoms with E-state index in [-0.39, 0.29) is 5.91 Å². The lowest BCUT2D eigenvalue weighted by Crippen LogP contribution is -2.13. The summed E-state index contributed by atoms with van der Waals surface area (Å²) in [5.74, 6) is 1.36. The Bertz CT molecular complexity index is 540. The molecule has 0 spiro atoms. The Morgan fingerprint density at radius 3 is 2.78 bits per heavy atom. The van der Waals surface area contributed by atoms with Crippen molar-refractivity contribution >= 4 is 23.1 Å². The third-order valence-corrected chi connectivity index (χ3v) is 2.91. The maximum absolute atomic E-state index is 12.0. The van der Waals surface area contributed by atoms with Crippen LogP contribution in [0.25, 0.3) is 0 Å². The van der Waals surface area contributed by atoms with Crippen LogP contribution in [0.2, 0.25) is 0 Å². The lowest BCUT2D eigenvalue weighted by molar-refractivity contribution is 0.102. The number of methoxy groups -OCH3 is 2. The number of hydrogen-bond acceptors (Lipinski definition) is 5. The van der Waals surface area contributed by atoms with Gasteiger partial charge in [-0.3, -0.25) is 4.79 Å². The summed E-state index contributed by atoms with van der Waals surface area (Å²) in [4.78, 5) is 16.0. The fourth-order valence-corrected chi connectivity index (χ4v) is 1.93. The molecule has 0 saturated heterocycles. The zero-order valence-electron chi connectivity index (χ0n) is 9.97. The van der Waals surface area contributed by atoms with Gasteiger partial charge in [-0.25, -0.2) is 4.98 Å². The second kappa shape index (κ2) is 5.50. The van der Waals surface area contributed by atoms with Crippen LogP contribution in [-0.4, -0.2) is 25.1 Å². The smallest absolute Gasteiger partial charge is 0.260 e. The maximum atomic E-state index is 12.0. The van der Waals surface area contributed by atoms with Crippen molar-refractivity contribution in [2.75, 3.05) is 19.5 Å². The third kappa shape index (κ3) is 2.60. The van der Waals surface area contributed by atoms with Crippen LogP contribution in [0.3, 0.4) is 0 Å². The van der Waals surface area contributed by atoms with Crippen LogP contribution in [0.5, 0.6) is 11.5 Å². The van der Waals surface area contributed by atoms with Crippen LogP contribution in [0.1, 0.15) is 10.4 Å². The summed E-state index contributed by atoms with van der Waals surface area (Å²) >= 11 is 1.42. The highest BCUT2D eigenvalue weighted by Crippen LogP contribution is 2.25. The molecule has 0 radical (unpaired) electrons. The predicted molar refractivity (Wildman–Crippen MR) is 69.6 cm³/mol. The van der Waals surface area contributed by atoms with Crippen molar-refractivity contribution in [3.05, 3.63) is 34.7 Å². The Kier molecular flexibility index (Phi) is 3.78. The second-order valence-electron chi connectivity index (χ2n) is 3.39. The van der Waals surface area contributed by atoms with E-state index >= 15 is 0 Å². The van der Waals surface area contributed by atoms with Gasteiger partial charge in [-0.1, -0.05) is 0 Å². The Labute approximate surface area is 108 Å². The number of hydrogen-bond donors (Lipinski definition) is 1. The molecule has 2 aromatic rings. The molecule has 2 rings (SSSR count). The molecule has 1 heterocycles. The summed E-state index contributed by atoms with van der Waals surface area (Å²) in [5.41, 5.74) is 2.09. The number of amides is 1. The summed E-state index contributed by atoms with van der Waals surface area (Å²) in [6.07, 6.45) is 0. The van der Waals surface area contributed by atoms with E-state index in [9.17, 15) is 4.79 Å². The lowest BCUT2D eigenvalue weighted by atomic mass is 10.2. The van der Waals surface area contributed by atoms with Gasteiger partial charge < -0.3 is 14.8 Å². The third-order valence-electron chi connectivity index (χ3n) is 2.33. The number of ether oxygens (including phenoxy) is 2. The van der Waals surface area contributed by atoms with Crippen LogP contribution in [0, 0.1) is 0 Å². The Balaban J connectivity index is 2.24. The quantitative estimate of drug-likeness (QED) is 0.921. The highest BCUT2D eigenvalue weighted by Gasteiger charge is 2.13. The molecule has 0 saturated carbocycles. The highest BCUT2D eigenvalue weighted by molar-refractivity contribution is 7.07. The summed E-state index contributed by atoms with van der Waals surface area (Å²) < 4.78 is 10.2. The van der Waals surface area contributed by atoms with Crippen molar-refractivity contribution in [3.63, 3.8) is 0 Å². The van der Waals surface area contributed by atoms with Crippen molar-refractivity contribution in [3.8, 4) is 11.5 Å². The first-order valence-electron chi connectivity index (χ1n) is 5.16. The molecule has 1 aromatic carbocycles. The molecule has 0 aliphatic heterocycles. The van der Waals surface area contributed by atoms with Crippen molar-refractivity contribution < 1.29 is 14.3 Å². The summed E-state index contributed by atoms with van der Waals surface area (Å²) in [5, 5.41) is 4.45. The number of benzene rings is 1. The molecule has 1 amide bonds. The van der Waals surface area contributed by atoms with E-state index in [2.05, 4.69) is 10.3 Å². The van der Waals surface area contributed by atoms with Gasteiger partial charge in [0.2, 0.25) is 0 Å². The van der Waals surface area contributed by atoms with Gasteiger partial charge in [0.05, 0.1) is 25.3 Å². The van der Waals surface area contributed by atoms with Gasteiger partial charge in [-0.15, -0.1) is 11.3 Å². The minimum atomic E-state index is -0.264. The molecule has 6 heteroatoms. The van der Waals surface area contributed by atoms with Gasteiger partial charge in [0.1, 0.15) is 17.3 Å². The van der Waals surface area contributed by atoms with Crippen LogP contribution in [0.4, 0.5) is 5.82 Å². The maximum Gasteiger partial charge on any atom is 0.260 e. The van der Waals surface area contributed by atoms with Crippen LogP contribution < -0.4 is 14.8 Å². The van der Waals surface area contributed by atoms with Gasteiger partial charge in [-0.2, -0.15) is 0 Å². The highest BCUT2D eigenvalue weighted by atomic mass is 32.1. The van der Waals surface area contributed by atoms with Crippen molar-refractivity contribution in [2.24, 2.45) is 0 Å². The lowest BCUT2D eigenvalue weighted by Gasteiger charge is -2.09. The van der Waals surface area contributed by atoms with Crippen LogP contribution in [0.15, 0.2) is 29.1 Å². The first-order valence-corrected chi connectivity index (χ1v) is 6.10. The van der Waals surface area contributed by atoms with Gasteiger partial charge >= 0.3 is 0 Å². The molecule has 18 heavy (non-hydrogen) atoms. The molecule has 0 unspecified atom stereocenters. The number of aromatic nitrogens is 1. The minimum absolute atomic E-state index is 0.264. The number of rotatable bonds is 4. The largest absolute Gasteiger partial charge is 0.497 e. The standard InChI is InChI=1S/C12H12N2O3S/c1-16-8-3-4-9(10(5-8)17-2)12(15)14-11-6-18-7-13-11/h3-7H,1-2H3,(H,14,15). The Morgan fingerprint density at radius 1 is 1.33 bits per heavy atom. The van der Waals surface area contributed by atoms with Gasteiger partial charge in [0, 0.05) is 11.4 Å². The van der Waals surface area contributed by atoms with Gasteiger partial charge in [-0.05, 0) is 12.1 Å². The summed E-state index contributed by atoms with van der Waals surface area (Å²) in [7, 11) is 3.07. The molecule has 0 fully saturated rings. The van der Waals surface area contributed by atoms with E-state index in [1.165, 1.54) is 18.4 Å². The van der Waals surface area contributed by atoms with E-state index in [0.29, 0.717) is 22.9 Å². The number of carbonyl (C=O) groups excluding carboxylic acids is 1. The van der Waals surface area contributed by atoms with E-state index in [1.807, 2.05) is 0 Å². The molecule has 1 aromatic heterocycles. The molecule has 5 nitrogen and oxygen atoms in total. The zero-order chi connectivity index (χ0) is 13.0. The van der Waals surface area contributed by atoms with E-state index in [4.69, 9.17) is 9.47 Å². The van der Waals surface area contributed by atoms with Gasteiger partial charge in [0.25, 0.3) is 5.91 Å². The number of nitrogens with one attached hydrogen (secondary N) is 1. The SMILES string of the molecule is COc1ccc(C(=O)Nc2cscn2)c(OC)c1. The fourth-order valence-electron chi connectivity index (χ4n) is 1.44. The van der Waals surface area contributed by atoms with Crippen molar-refractivity contribution in [2.45, 2.75) is 0 Å². The number of anilines is 1. The van der Waals surface area contributed by atoms with Gasteiger partial charge in [0.15, 0.2) is 0 Å². The zero-order valence-corrected chi connectivity index (χ0v) is 10.8. The Morgan fingerprint density at radius 2 is 2.17 bits per heavy atom. The normalized spacial score (nSPS) is 9.89. The first kappa shape index (κ1) is 12.4. The van der Waals surface area contributed by atoms with E-state index in [0.717, 1.165) is 0 Å². The monoisotopic (exact) mass is 264 g/mol.